The monoisotopic (exact) mass is 249 g/mol. The van der Waals surface area contributed by atoms with E-state index in [2.05, 4.69) is 4.74 Å². The predicted molar refractivity (Wildman–Crippen MR) is 63.3 cm³/mol. The maximum Gasteiger partial charge on any atom is 0.516 e. The van der Waals surface area contributed by atoms with Gasteiger partial charge in [-0.1, -0.05) is 0 Å². The molecule has 0 aliphatic heterocycles. The predicted octanol–water partition coefficient (Wildman–Crippen LogP) is 1.55. The van der Waals surface area contributed by atoms with Crippen molar-refractivity contribution in [3.8, 4) is 0 Å². The molecule has 0 aliphatic rings. The first kappa shape index (κ1) is 15.2. The van der Waals surface area contributed by atoms with Crippen LogP contribution in [0.4, 0.5) is 4.79 Å². The van der Waals surface area contributed by atoms with Crippen LogP contribution in [0.2, 0.25) is 0 Å². The van der Waals surface area contributed by atoms with Crippen molar-refractivity contribution in [1.82, 2.24) is 0 Å². The molecular formula is C10H19NO4S. The Hall–Kier alpha value is -0.750. The van der Waals surface area contributed by atoms with Gasteiger partial charge in [-0.2, -0.15) is 11.8 Å². The Bertz CT molecular complexity index is 250. The van der Waals surface area contributed by atoms with Crippen LogP contribution in [-0.4, -0.2) is 35.8 Å². The largest absolute Gasteiger partial charge is 0.516 e. The molecule has 16 heavy (non-hydrogen) atoms. The maximum absolute atomic E-state index is 11.3. The Morgan fingerprint density at radius 1 is 1.38 bits per heavy atom. The van der Waals surface area contributed by atoms with Gasteiger partial charge in [0.05, 0.1) is 0 Å². The van der Waals surface area contributed by atoms with Gasteiger partial charge in [-0.15, -0.1) is 0 Å². The van der Waals surface area contributed by atoms with Crippen molar-refractivity contribution in [3.05, 3.63) is 0 Å². The zero-order valence-electron chi connectivity index (χ0n) is 10.1. The van der Waals surface area contributed by atoms with Crippen LogP contribution in [-0.2, 0) is 14.3 Å². The van der Waals surface area contributed by atoms with Gasteiger partial charge in [0.15, 0.2) is 0 Å². The Balaban J connectivity index is 3.99. The summed E-state index contributed by atoms with van der Waals surface area (Å²) in [6.45, 7) is 5.06. The first-order chi connectivity index (χ1) is 7.26. The Kier molecular flexibility index (Phi) is 6.43. The summed E-state index contributed by atoms with van der Waals surface area (Å²) in [5.41, 5.74) is 4.84. The first-order valence-electron chi connectivity index (χ1n) is 4.95. The third-order valence-corrected chi connectivity index (χ3v) is 2.15. The van der Waals surface area contributed by atoms with Crippen molar-refractivity contribution in [2.75, 3.05) is 12.0 Å². The number of esters is 1. The Labute approximate surface area is 100 Å². The summed E-state index contributed by atoms with van der Waals surface area (Å²) in [5, 5.41) is 0. The van der Waals surface area contributed by atoms with Crippen molar-refractivity contribution >= 4 is 23.9 Å². The van der Waals surface area contributed by atoms with Crippen molar-refractivity contribution in [2.24, 2.45) is 5.73 Å². The lowest BCUT2D eigenvalue weighted by molar-refractivity contribution is -0.143. The number of carbonyl (C=O) groups is 2. The Morgan fingerprint density at radius 2 is 1.94 bits per heavy atom. The summed E-state index contributed by atoms with van der Waals surface area (Å²) in [7, 11) is 0. The van der Waals surface area contributed by atoms with Crippen LogP contribution in [0.5, 0.6) is 0 Å². The van der Waals surface area contributed by atoms with E-state index in [1.54, 1.807) is 32.5 Å². The molecule has 6 heteroatoms. The van der Waals surface area contributed by atoms with Gasteiger partial charge >= 0.3 is 12.1 Å². The molecule has 0 aromatic carbocycles. The smallest absolute Gasteiger partial charge is 0.428 e. The van der Waals surface area contributed by atoms with Crippen LogP contribution in [0.1, 0.15) is 27.2 Å². The second-order valence-corrected chi connectivity index (χ2v) is 5.26. The molecule has 0 amide bonds. The Morgan fingerprint density at radius 3 is 2.38 bits per heavy atom. The zero-order valence-corrected chi connectivity index (χ0v) is 10.9. The fraction of sp³-hybridized carbons (Fsp3) is 0.800. The van der Waals surface area contributed by atoms with Gasteiger partial charge < -0.3 is 15.2 Å². The van der Waals surface area contributed by atoms with Crippen LogP contribution in [0, 0.1) is 0 Å². The fourth-order valence-electron chi connectivity index (χ4n) is 0.791. The van der Waals surface area contributed by atoms with Gasteiger partial charge in [0.1, 0.15) is 11.6 Å². The minimum Gasteiger partial charge on any atom is -0.428 e. The molecule has 94 valence electrons. The molecule has 0 saturated heterocycles. The third-order valence-electron chi connectivity index (χ3n) is 1.51. The molecule has 0 radical (unpaired) electrons. The number of nitrogens with two attached hydrogens (primary N) is 1. The molecule has 0 saturated carbocycles. The van der Waals surface area contributed by atoms with E-state index in [1.165, 1.54) is 0 Å². The molecule has 0 rings (SSSR count). The highest BCUT2D eigenvalue weighted by Gasteiger charge is 2.23. The molecular weight excluding hydrogens is 230 g/mol. The summed E-state index contributed by atoms with van der Waals surface area (Å²) >= 11 is 1.57. The van der Waals surface area contributed by atoms with E-state index < -0.39 is 23.8 Å². The molecule has 0 fully saturated rings. The average Bonchev–Trinajstić information content (AvgIpc) is 2.10. The topological polar surface area (TPSA) is 78.6 Å². The number of ether oxygens (including phenoxy) is 2. The first-order valence-corrected chi connectivity index (χ1v) is 6.35. The molecule has 0 spiro atoms. The lowest BCUT2D eigenvalue weighted by Crippen LogP contribution is -2.36. The van der Waals surface area contributed by atoms with Crippen molar-refractivity contribution in [1.29, 1.82) is 0 Å². The lowest BCUT2D eigenvalue weighted by atomic mass is 10.2. The SMILES string of the molecule is CSCC[C@H](N)C(=O)OC(=O)OC(C)(C)C. The van der Waals surface area contributed by atoms with Crippen LogP contribution in [0.15, 0.2) is 0 Å². The summed E-state index contributed by atoms with van der Waals surface area (Å²) in [6, 6.07) is -0.778. The summed E-state index contributed by atoms with van der Waals surface area (Å²) in [4.78, 5) is 22.4. The molecule has 0 aromatic rings. The van der Waals surface area contributed by atoms with Crippen molar-refractivity contribution in [3.63, 3.8) is 0 Å². The normalized spacial score (nSPS) is 13.1. The van der Waals surface area contributed by atoms with Crippen molar-refractivity contribution < 1.29 is 19.1 Å². The highest BCUT2D eigenvalue weighted by molar-refractivity contribution is 7.98. The van der Waals surface area contributed by atoms with Gasteiger partial charge in [-0.25, -0.2) is 9.59 Å². The molecule has 2 N–H and O–H groups in total. The number of rotatable bonds is 4. The summed E-state index contributed by atoms with van der Waals surface area (Å²) < 4.78 is 9.27. The zero-order chi connectivity index (χ0) is 12.8. The molecule has 0 aromatic heterocycles. The van der Waals surface area contributed by atoms with E-state index in [9.17, 15) is 9.59 Å². The van der Waals surface area contributed by atoms with Gasteiger partial charge in [0.2, 0.25) is 0 Å². The van der Waals surface area contributed by atoms with Gasteiger partial charge in [0, 0.05) is 0 Å². The highest BCUT2D eigenvalue weighted by atomic mass is 32.2. The molecule has 0 aliphatic carbocycles. The van der Waals surface area contributed by atoms with E-state index in [4.69, 9.17) is 10.5 Å². The standard InChI is InChI=1S/C10H19NO4S/c1-10(2,3)15-9(13)14-8(12)7(11)5-6-16-4/h7H,5-6,11H2,1-4H3/t7-/m0/s1. The second-order valence-electron chi connectivity index (χ2n) is 4.27. The highest BCUT2D eigenvalue weighted by Crippen LogP contribution is 2.09. The van der Waals surface area contributed by atoms with E-state index in [1.807, 2.05) is 6.26 Å². The van der Waals surface area contributed by atoms with Crippen LogP contribution in [0.25, 0.3) is 0 Å². The van der Waals surface area contributed by atoms with E-state index >= 15 is 0 Å². The van der Waals surface area contributed by atoms with Crippen LogP contribution >= 0.6 is 11.8 Å². The molecule has 0 heterocycles. The summed E-state index contributed by atoms with van der Waals surface area (Å²) in [5.74, 6) is -0.00628. The van der Waals surface area contributed by atoms with Gasteiger partial charge in [-0.3, -0.25) is 0 Å². The fourth-order valence-corrected chi connectivity index (χ4v) is 1.28. The lowest BCUT2D eigenvalue weighted by Gasteiger charge is -2.18. The number of hydrogen-bond acceptors (Lipinski definition) is 6. The van der Waals surface area contributed by atoms with E-state index in [0.29, 0.717) is 6.42 Å². The second kappa shape index (κ2) is 6.75. The number of carbonyl (C=O) groups excluding carboxylic acids is 2. The average molecular weight is 249 g/mol. The number of thioether (sulfide) groups is 1. The minimum absolute atomic E-state index is 0.475. The molecule has 5 nitrogen and oxygen atoms in total. The molecule has 0 bridgehead atoms. The van der Waals surface area contributed by atoms with Crippen LogP contribution < -0.4 is 5.73 Å². The number of hydrogen-bond donors (Lipinski definition) is 1. The van der Waals surface area contributed by atoms with Gasteiger partial charge in [0.25, 0.3) is 0 Å². The van der Waals surface area contributed by atoms with E-state index in [0.717, 1.165) is 5.75 Å². The molecule has 1 atom stereocenters. The van der Waals surface area contributed by atoms with E-state index in [-0.39, 0.29) is 0 Å². The van der Waals surface area contributed by atoms with Crippen molar-refractivity contribution in [2.45, 2.75) is 38.8 Å². The minimum atomic E-state index is -1.00. The quantitative estimate of drug-likeness (QED) is 0.601. The molecule has 0 unspecified atom stereocenters. The van der Waals surface area contributed by atoms with Gasteiger partial charge in [-0.05, 0) is 39.2 Å². The third kappa shape index (κ3) is 7.53. The maximum atomic E-state index is 11.3. The van der Waals surface area contributed by atoms with Crippen LogP contribution in [0.3, 0.4) is 0 Å². The summed E-state index contributed by atoms with van der Waals surface area (Å²) in [6.07, 6.45) is 1.38.